The summed E-state index contributed by atoms with van der Waals surface area (Å²) in [6.07, 6.45) is 2.09. The standard InChI is InChI=1S/C13H24N2O3/c1-10(2)13(17)15-7-4-11(5-8-15)14-12(16)6-9-18-3/h10-11H,4-9H2,1-3H3,(H,14,16). The van der Waals surface area contributed by atoms with Gasteiger partial charge in [-0.25, -0.2) is 0 Å². The van der Waals surface area contributed by atoms with Gasteiger partial charge in [-0.05, 0) is 12.8 Å². The highest BCUT2D eigenvalue weighted by Gasteiger charge is 2.24. The van der Waals surface area contributed by atoms with Crippen LogP contribution < -0.4 is 5.32 Å². The lowest BCUT2D eigenvalue weighted by Gasteiger charge is -2.33. The van der Waals surface area contributed by atoms with E-state index in [1.807, 2.05) is 18.7 Å². The van der Waals surface area contributed by atoms with Gasteiger partial charge < -0.3 is 15.0 Å². The average molecular weight is 256 g/mol. The Hall–Kier alpha value is -1.10. The summed E-state index contributed by atoms with van der Waals surface area (Å²) in [4.78, 5) is 25.2. The molecule has 0 saturated carbocycles. The second-order valence-electron chi connectivity index (χ2n) is 5.06. The maximum absolute atomic E-state index is 11.8. The van der Waals surface area contributed by atoms with Crippen molar-refractivity contribution in [2.45, 2.75) is 39.2 Å². The number of hydrogen-bond acceptors (Lipinski definition) is 3. The van der Waals surface area contributed by atoms with Crippen LogP contribution in [0.3, 0.4) is 0 Å². The first kappa shape index (κ1) is 15.0. The molecule has 0 aromatic rings. The van der Waals surface area contributed by atoms with Crippen LogP contribution in [0.25, 0.3) is 0 Å². The van der Waals surface area contributed by atoms with Gasteiger partial charge in [0.1, 0.15) is 0 Å². The zero-order chi connectivity index (χ0) is 13.5. The number of carbonyl (C=O) groups is 2. The van der Waals surface area contributed by atoms with E-state index in [4.69, 9.17) is 4.74 Å². The van der Waals surface area contributed by atoms with Crippen molar-refractivity contribution in [1.82, 2.24) is 10.2 Å². The van der Waals surface area contributed by atoms with E-state index in [0.29, 0.717) is 13.0 Å². The summed E-state index contributed by atoms with van der Waals surface area (Å²) in [6, 6.07) is 0.200. The predicted molar refractivity (Wildman–Crippen MR) is 69.1 cm³/mol. The molecule has 1 rings (SSSR count). The van der Waals surface area contributed by atoms with Gasteiger partial charge in [0.2, 0.25) is 11.8 Å². The topological polar surface area (TPSA) is 58.6 Å². The van der Waals surface area contributed by atoms with E-state index in [1.54, 1.807) is 7.11 Å². The molecule has 0 aliphatic carbocycles. The zero-order valence-electron chi connectivity index (χ0n) is 11.6. The number of nitrogens with one attached hydrogen (secondary N) is 1. The number of methoxy groups -OCH3 is 1. The Morgan fingerprint density at radius 2 is 1.94 bits per heavy atom. The van der Waals surface area contributed by atoms with Crippen molar-refractivity contribution >= 4 is 11.8 Å². The van der Waals surface area contributed by atoms with E-state index in [9.17, 15) is 9.59 Å². The quantitative estimate of drug-likeness (QED) is 0.791. The molecule has 1 heterocycles. The summed E-state index contributed by atoms with van der Waals surface area (Å²) >= 11 is 0. The van der Waals surface area contributed by atoms with Crippen LogP contribution >= 0.6 is 0 Å². The number of carbonyl (C=O) groups excluding carboxylic acids is 2. The molecular weight excluding hydrogens is 232 g/mol. The summed E-state index contributed by atoms with van der Waals surface area (Å²) in [6.45, 7) is 5.77. The normalized spacial score (nSPS) is 17.0. The molecule has 5 heteroatoms. The Balaban J connectivity index is 2.27. The second kappa shape index (κ2) is 7.36. The number of hydrogen-bond donors (Lipinski definition) is 1. The van der Waals surface area contributed by atoms with E-state index in [1.165, 1.54) is 0 Å². The molecule has 0 unspecified atom stereocenters. The first-order valence-electron chi connectivity index (χ1n) is 6.61. The first-order valence-corrected chi connectivity index (χ1v) is 6.61. The van der Waals surface area contributed by atoms with Crippen LogP contribution in [0.2, 0.25) is 0 Å². The highest BCUT2D eigenvalue weighted by atomic mass is 16.5. The maximum atomic E-state index is 11.8. The third-order valence-corrected chi connectivity index (χ3v) is 3.20. The number of nitrogens with zero attached hydrogens (tertiary/aromatic N) is 1. The number of likely N-dealkylation sites (tertiary alicyclic amines) is 1. The Bertz CT molecular complexity index is 284. The van der Waals surface area contributed by atoms with Gasteiger partial charge in [0.05, 0.1) is 6.61 Å². The molecule has 1 aliphatic heterocycles. The molecule has 1 N–H and O–H groups in total. The Kier molecular flexibility index (Phi) is 6.12. The number of ether oxygens (including phenoxy) is 1. The lowest BCUT2D eigenvalue weighted by molar-refractivity contribution is -0.135. The maximum Gasteiger partial charge on any atom is 0.225 e. The molecule has 0 aromatic heterocycles. The molecule has 104 valence electrons. The summed E-state index contributed by atoms with van der Waals surface area (Å²) in [5.41, 5.74) is 0. The minimum Gasteiger partial charge on any atom is -0.384 e. The van der Waals surface area contributed by atoms with Gasteiger partial charge in [-0.15, -0.1) is 0 Å². The van der Waals surface area contributed by atoms with Gasteiger partial charge in [-0.1, -0.05) is 13.8 Å². The van der Waals surface area contributed by atoms with E-state index in [2.05, 4.69) is 5.32 Å². The molecule has 0 spiro atoms. The molecular formula is C13H24N2O3. The van der Waals surface area contributed by atoms with E-state index in [-0.39, 0.29) is 23.8 Å². The fourth-order valence-corrected chi connectivity index (χ4v) is 2.10. The van der Waals surface area contributed by atoms with E-state index < -0.39 is 0 Å². The average Bonchev–Trinajstić information content (AvgIpc) is 2.36. The molecule has 0 atom stereocenters. The zero-order valence-corrected chi connectivity index (χ0v) is 11.6. The van der Waals surface area contributed by atoms with Crippen molar-refractivity contribution < 1.29 is 14.3 Å². The molecule has 1 fully saturated rings. The lowest BCUT2D eigenvalue weighted by atomic mass is 10.0. The highest BCUT2D eigenvalue weighted by molar-refractivity contribution is 5.78. The van der Waals surface area contributed by atoms with Gasteiger partial charge in [0.25, 0.3) is 0 Å². The van der Waals surface area contributed by atoms with Gasteiger partial charge in [0, 0.05) is 38.6 Å². The molecule has 0 radical (unpaired) electrons. The van der Waals surface area contributed by atoms with Gasteiger partial charge in [0.15, 0.2) is 0 Å². The van der Waals surface area contributed by atoms with Crippen molar-refractivity contribution in [2.75, 3.05) is 26.8 Å². The van der Waals surface area contributed by atoms with Crippen LogP contribution in [0.1, 0.15) is 33.1 Å². The lowest BCUT2D eigenvalue weighted by Crippen LogP contribution is -2.47. The van der Waals surface area contributed by atoms with E-state index >= 15 is 0 Å². The van der Waals surface area contributed by atoms with E-state index in [0.717, 1.165) is 25.9 Å². The largest absolute Gasteiger partial charge is 0.384 e. The molecule has 18 heavy (non-hydrogen) atoms. The number of piperidine rings is 1. The van der Waals surface area contributed by atoms with Crippen molar-refractivity contribution in [3.05, 3.63) is 0 Å². The predicted octanol–water partition coefficient (Wildman–Crippen LogP) is 0.786. The monoisotopic (exact) mass is 256 g/mol. The Morgan fingerprint density at radius 3 is 2.44 bits per heavy atom. The summed E-state index contributed by atoms with van der Waals surface area (Å²) in [5.74, 6) is 0.294. The SMILES string of the molecule is COCCC(=O)NC1CCN(C(=O)C(C)C)CC1. The second-order valence-corrected chi connectivity index (χ2v) is 5.06. The fraction of sp³-hybridized carbons (Fsp3) is 0.846. The molecule has 5 nitrogen and oxygen atoms in total. The molecule has 1 saturated heterocycles. The van der Waals surface area contributed by atoms with Crippen LogP contribution in [0.4, 0.5) is 0 Å². The highest BCUT2D eigenvalue weighted by Crippen LogP contribution is 2.13. The van der Waals surface area contributed by atoms with Crippen molar-refractivity contribution in [2.24, 2.45) is 5.92 Å². The summed E-state index contributed by atoms with van der Waals surface area (Å²) in [5, 5.41) is 2.99. The van der Waals surface area contributed by atoms with Crippen molar-refractivity contribution in [3.63, 3.8) is 0 Å². The van der Waals surface area contributed by atoms with Crippen LogP contribution in [-0.4, -0.2) is 49.6 Å². The number of amides is 2. The Labute approximate surface area is 109 Å². The van der Waals surface area contributed by atoms with Gasteiger partial charge in [-0.3, -0.25) is 9.59 Å². The minimum absolute atomic E-state index is 0.0329. The molecule has 2 amide bonds. The molecule has 0 bridgehead atoms. The third-order valence-electron chi connectivity index (χ3n) is 3.20. The van der Waals surface area contributed by atoms with Crippen molar-refractivity contribution in [3.8, 4) is 0 Å². The van der Waals surface area contributed by atoms with Crippen molar-refractivity contribution in [1.29, 1.82) is 0 Å². The first-order chi connectivity index (χ1) is 8.54. The van der Waals surface area contributed by atoms with Gasteiger partial charge in [-0.2, -0.15) is 0 Å². The van der Waals surface area contributed by atoms with Crippen LogP contribution in [0.15, 0.2) is 0 Å². The van der Waals surface area contributed by atoms with Crippen LogP contribution in [0.5, 0.6) is 0 Å². The third kappa shape index (κ3) is 4.64. The van der Waals surface area contributed by atoms with Crippen LogP contribution in [0, 0.1) is 5.92 Å². The summed E-state index contributed by atoms with van der Waals surface area (Å²) < 4.78 is 4.86. The number of rotatable bonds is 5. The van der Waals surface area contributed by atoms with Crippen LogP contribution in [-0.2, 0) is 14.3 Å². The van der Waals surface area contributed by atoms with Gasteiger partial charge >= 0.3 is 0 Å². The Morgan fingerprint density at radius 1 is 1.33 bits per heavy atom. The minimum atomic E-state index is 0.0329. The summed E-state index contributed by atoms with van der Waals surface area (Å²) in [7, 11) is 1.59. The smallest absolute Gasteiger partial charge is 0.225 e. The fourth-order valence-electron chi connectivity index (χ4n) is 2.10. The molecule has 1 aliphatic rings. The molecule has 0 aromatic carbocycles.